The number of hydrogen-bond acceptors (Lipinski definition) is 5. The molecule has 1 N–H and O–H groups in total. The molecule has 1 atom stereocenters. The zero-order valence-electron chi connectivity index (χ0n) is 10.9. The lowest BCUT2D eigenvalue weighted by Crippen LogP contribution is -2.03. The Balaban J connectivity index is 3.04. The predicted octanol–water partition coefficient (Wildman–Crippen LogP) is 2.97. The zero-order chi connectivity index (χ0) is 12.8. The minimum atomic E-state index is 0.0404. The molecule has 94 valence electrons. The van der Waals surface area contributed by atoms with Gasteiger partial charge in [-0.05, 0) is 19.9 Å². The van der Waals surface area contributed by atoms with Crippen molar-refractivity contribution < 1.29 is 4.74 Å². The average Bonchev–Trinajstić information content (AvgIpc) is 2.37. The second-order valence-corrected chi connectivity index (χ2v) is 4.80. The van der Waals surface area contributed by atoms with Gasteiger partial charge in [-0.25, -0.2) is 4.98 Å². The van der Waals surface area contributed by atoms with Crippen LogP contribution in [-0.4, -0.2) is 31.2 Å². The number of nitrogens with one attached hydrogen (secondary N) is 1. The molecule has 0 spiro atoms. The van der Waals surface area contributed by atoms with Crippen LogP contribution in [-0.2, 0) is 4.74 Å². The predicted molar refractivity (Wildman–Crippen MR) is 74.1 cm³/mol. The van der Waals surface area contributed by atoms with E-state index in [4.69, 9.17) is 4.74 Å². The molecule has 0 aromatic carbocycles. The van der Waals surface area contributed by atoms with E-state index in [0.29, 0.717) is 0 Å². The lowest BCUT2D eigenvalue weighted by Gasteiger charge is -2.15. The first kappa shape index (κ1) is 14.0. The number of hydrogen-bond donors (Lipinski definition) is 1. The van der Waals surface area contributed by atoms with Gasteiger partial charge in [0.2, 0.25) is 0 Å². The van der Waals surface area contributed by atoms with Crippen LogP contribution in [0.25, 0.3) is 0 Å². The van der Waals surface area contributed by atoms with Crippen molar-refractivity contribution in [2.45, 2.75) is 25.0 Å². The average molecular weight is 253 g/mol. The summed E-state index contributed by atoms with van der Waals surface area (Å²) in [4.78, 5) is 8.49. The molecule has 17 heavy (non-hydrogen) atoms. The highest BCUT2D eigenvalue weighted by Gasteiger charge is 2.11. The van der Waals surface area contributed by atoms with Gasteiger partial charge in [-0.15, -0.1) is 0 Å². The highest BCUT2D eigenvalue weighted by atomic mass is 32.2. The highest BCUT2D eigenvalue weighted by molar-refractivity contribution is 8.13. The van der Waals surface area contributed by atoms with Crippen molar-refractivity contribution in [2.75, 3.05) is 26.5 Å². The Kier molecular flexibility index (Phi) is 5.44. The molecular formula is C12H19N3OS. The molecule has 0 aliphatic heterocycles. The van der Waals surface area contributed by atoms with Gasteiger partial charge >= 0.3 is 0 Å². The van der Waals surface area contributed by atoms with Crippen molar-refractivity contribution in [2.24, 2.45) is 4.99 Å². The smallest absolute Gasteiger partial charge is 0.102 e. The standard InChI is InChI=1S/C12H19N3OS/c1-8(16-5)10-6-12(17-9(2)13-3)15-7-11(10)14-4/h6-8,14H,1-5H3/b13-9-. The number of pyridine rings is 1. The van der Waals surface area contributed by atoms with E-state index in [1.54, 1.807) is 25.9 Å². The zero-order valence-corrected chi connectivity index (χ0v) is 11.8. The first-order valence-corrected chi connectivity index (χ1v) is 6.25. The number of methoxy groups -OCH3 is 1. The summed E-state index contributed by atoms with van der Waals surface area (Å²) in [6, 6.07) is 2.04. The number of nitrogens with zero attached hydrogens (tertiary/aromatic N) is 2. The van der Waals surface area contributed by atoms with Gasteiger partial charge in [0, 0.05) is 26.8 Å². The minimum absolute atomic E-state index is 0.0404. The maximum atomic E-state index is 5.36. The molecule has 1 unspecified atom stereocenters. The third-order valence-corrected chi connectivity index (χ3v) is 3.45. The molecule has 0 fully saturated rings. The molecule has 0 saturated heterocycles. The Morgan fingerprint density at radius 2 is 2.29 bits per heavy atom. The van der Waals surface area contributed by atoms with Gasteiger partial charge in [0.25, 0.3) is 0 Å². The number of ether oxygens (including phenoxy) is 1. The van der Waals surface area contributed by atoms with Gasteiger partial charge in [-0.3, -0.25) is 4.99 Å². The third-order valence-electron chi connectivity index (χ3n) is 2.54. The molecule has 0 saturated carbocycles. The molecule has 1 aromatic rings. The monoisotopic (exact) mass is 253 g/mol. The number of rotatable bonds is 4. The maximum Gasteiger partial charge on any atom is 0.102 e. The fraction of sp³-hybridized carbons (Fsp3) is 0.500. The second kappa shape index (κ2) is 6.61. The molecule has 1 heterocycles. The van der Waals surface area contributed by atoms with Crippen LogP contribution >= 0.6 is 11.8 Å². The van der Waals surface area contributed by atoms with Crippen molar-refractivity contribution >= 4 is 22.5 Å². The normalized spacial score (nSPS) is 13.6. The van der Waals surface area contributed by atoms with Gasteiger partial charge in [0.1, 0.15) is 5.03 Å². The molecule has 0 radical (unpaired) electrons. The third kappa shape index (κ3) is 3.71. The molecule has 0 aliphatic carbocycles. The molecule has 4 nitrogen and oxygen atoms in total. The van der Waals surface area contributed by atoms with Crippen LogP contribution in [0.5, 0.6) is 0 Å². The summed E-state index contributed by atoms with van der Waals surface area (Å²) < 4.78 is 5.36. The van der Waals surface area contributed by atoms with Crippen LogP contribution in [0, 0.1) is 0 Å². The number of aliphatic imine (C=N–C) groups is 1. The molecule has 0 bridgehead atoms. The fourth-order valence-corrected chi connectivity index (χ4v) is 2.06. The number of anilines is 1. The van der Waals surface area contributed by atoms with E-state index >= 15 is 0 Å². The Labute approximate surface area is 107 Å². The van der Waals surface area contributed by atoms with E-state index < -0.39 is 0 Å². The summed E-state index contributed by atoms with van der Waals surface area (Å²) in [6.07, 6.45) is 1.87. The van der Waals surface area contributed by atoms with Crippen molar-refractivity contribution in [3.63, 3.8) is 0 Å². The van der Waals surface area contributed by atoms with Crippen molar-refractivity contribution in [3.05, 3.63) is 17.8 Å². The van der Waals surface area contributed by atoms with E-state index in [9.17, 15) is 0 Å². The first-order chi connectivity index (χ1) is 8.12. The minimum Gasteiger partial charge on any atom is -0.387 e. The van der Waals surface area contributed by atoms with Crippen LogP contribution in [0.3, 0.4) is 0 Å². The summed E-state index contributed by atoms with van der Waals surface area (Å²) in [5.74, 6) is 0. The van der Waals surface area contributed by atoms with Crippen LogP contribution in [0.1, 0.15) is 25.5 Å². The Hall–Kier alpha value is -1.07. The fourth-order valence-electron chi connectivity index (χ4n) is 1.38. The molecule has 1 aromatic heterocycles. The van der Waals surface area contributed by atoms with Gasteiger partial charge < -0.3 is 10.1 Å². The van der Waals surface area contributed by atoms with Crippen molar-refractivity contribution in [1.82, 2.24) is 4.98 Å². The van der Waals surface area contributed by atoms with E-state index in [1.807, 2.05) is 33.2 Å². The molecule has 5 heteroatoms. The van der Waals surface area contributed by atoms with Crippen LogP contribution < -0.4 is 5.32 Å². The lowest BCUT2D eigenvalue weighted by molar-refractivity contribution is 0.120. The van der Waals surface area contributed by atoms with E-state index in [1.165, 1.54) is 0 Å². The van der Waals surface area contributed by atoms with E-state index in [0.717, 1.165) is 21.3 Å². The summed E-state index contributed by atoms with van der Waals surface area (Å²) in [7, 11) is 5.37. The maximum absolute atomic E-state index is 5.36. The van der Waals surface area contributed by atoms with Gasteiger partial charge in [0.05, 0.1) is 23.0 Å². The molecular weight excluding hydrogens is 234 g/mol. The molecule has 0 aliphatic rings. The van der Waals surface area contributed by atoms with Crippen LogP contribution in [0.4, 0.5) is 5.69 Å². The van der Waals surface area contributed by atoms with Crippen LogP contribution in [0.15, 0.2) is 22.3 Å². The van der Waals surface area contributed by atoms with Gasteiger partial charge in [-0.1, -0.05) is 11.8 Å². The summed E-state index contributed by atoms with van der Waals surface area (Å²) >= 11 is 1.56. The number of thioether (sulfide) groups is 1. The summed E-state index contributed by atoms with van der Waals surface area (Å²) in [5, 5.41) is 5.05. The highest BCUT2D eigenvalue weighted by Crippen LogP contribution is 2.28. The SMILES string of the molecule is C/N=C(/C)Sc1cc(C(C)OC)c(NC)cn1. The lowest BCUT2D eigenvalue weighted by atomic mass is 10.1. The second-order valence-electron chi connectivity index (χ2n) is 3.58. The molecule has 1 rings (SSSR count). The number of aromatic nitrogens is 1. The van der Waals surface area contributed by atoms with Gasteiger partial charge in [-0.2, -0.15) is 0 Å². The Morgan fingerprint density at radius 1 is 1.59 bits per heavy atom. The van der Waals surface area contributed by atoms with E-state index in [-0.39, 0.29) is 6.10 Å². The largest absolute Gasteiger partial charge is 0.387 e. The van der Waals surface area contributed by atoms with Crippen molar-refractivity contribution in [3.8, 4) is 0 Å². The Morgan fingerprint density at radius 3 is 2.82 bits per heavy atom. The summed E-state index contributed by atoms with van der Waals surface area (Å²) in [6.45, 7) is 3.99. The van der Waals surface area contributed by atoms with Crippen molar-refractivity contribution in [1.29, 1.82) is 0 Å². The topological polar surface area (TPSA) is 46.5 Å². The van der Waals surface area contributed by atoms with Crippen LogP contribution in [0.2, 0.25) is 0 Å². The quantitative estimate of drug-likeness (QED) is 0.509. The Bertz CT molecular complexity index is 407. The molecule has 0 amide bonds. The van der Waals surface area contributed by atoms with Gasteiger partial charge in [0.15, 0.2) is 0 Å². The first-order valence-electron chi connectivity index (χ1n) is 5.44. The summed E-state index contributed by atoms with van der Waals surface area (Å²) in [5.41, 5.74) is 2.10. The van der Waals surface area contributed by atoms with E-state index in [2.05, 4.69) is 15.3 Å².